The topological polar surface area (TPSA) is 86.8 Å². The van der Waals surface area contributed by atoms with Gasteiger partial charge in [0, 0.05) is 13.6 Å². The van der Waals surface area contributed by atoms with Crippen LogP contribution in [0.25, 0.3) is 0 Å². The number of halogens is 4. The molecule has 202 valence electrons. The van der Waals surface area contributed by atoms with Gasteiger partial charge in [0.15, 0.2) is 0 Å². The van der Waals surface area contributed by atoms with Crippen molar-refractivity contribution in [3.8, 4) is 0 Å². The molecule has 0 saturated heterocycles. The van der Waals surface area contributed by atoms with Gasteiger partial charge in [-0.1, -0.05) is 36.4 Å². The van der Waals surface area contributed by atoms with E-state index in [-0.39, 0.29) is 17.1 Å². The molecule has 0 radical (unpaired) electrons. The predicted molar refractivity (Wildman–Crippen MR) is 133 cm³/mol. The molecule has 1 atom stereocenters. The Hall–Kier alpha value is -3.93. The number of hydrogen-bond donors (Lipinski definition) is 1. The summed E-state index contributed by atoms with van der Waals surface area (Å²) in [5, 5.41) is 2.41. The molecule has 0 aromatic heterocycles. The highest BCUT2D eigenvalue weighted by molar-refractivity contribution is 7.92. The average molecular weight is 552 g/mol. The molecule has 3 aromatic rings. The Balaban J connectivity index is 2.07. The van der Waals surface area contributed by atoms with Gasteiger partial charge in [0.2, 0.25) is 11.8 Å². The van der Waals surface area contributed by atoms with Gasteiger partial charge in [-0.05, 0) is 55.0 Å². The average Bonchev–Trinajstić information content (AvgIpc) is 2.90. The van der Waals surface area contributed by atoms with E-state index in [0.29, 0.717) is 15.9 Å². The molecule has 1 N–H and O–H groups in total. The van der Waals surface area contributed by atoms with Gasteiger partial charge in [0.25, 0.3) is 10.0 Å². The normalized spacial score (nSPS) is 12.5. The van der Waals surface area contributed by atoms with Crippen molar-refractivity contribution in [3.05, 3.63) is 95.8 Å². The first kappa shape index (κ1) is 28.6. The zero-order chi connectivity index (χ0) is 28.1. The summed E-state index contributed by atoms with van der Waals surface area (Å²) in [4.78, 5) is 26.8. The largest absolute Gasteiger partial charge is 0.416 e. The minimum atomic E-state index is -4.76. The maximum atomic E-state index is 13.6. The van der Waals surface area contributed by atoms with Crippen LogP contribution in [0.3, 0.4) is 0 Å². The predicted octanol–water partition coefficient (Wildman–Crippen LogP) is 4.20. The highest BCUT2D eigenvalue weighted by atomic mass is 32.2. The Bertz CT molecular complexity index is 1380. The van der Waals surface area contributed by atoms with Crippen LogP contribution in [0.1, 0.15) is 18.1 Å². The molecule has 0 spiro atoms. The molecule has 12 heteroatoms. The SMILES string of the molecule is CNC(=O)[C@@H](C)N(Cc1ccc(F)cc1)C(=O)CN(c1cccc(C(F)(F)F)c1)S(=O)(=O)c1ccccc1. The van der Waals surface area contributed by atoms with Gasteiger partial charge in [-0.3, -0.25) is 13.9 Å². The van der Waals surface area contributed by atoms with Crippen molar-refractivity contribution < 1.29 is 35.6 Å². The quantitative estimate of drug-likeness (QED) is 0.404. The van der Waals surface area contributed by atoms with E-state index in [0.717, 1.165) is 35.2 Å². The van der Waals surface area contributed by atoms with Crippen LogP contribution in [-0.4, -0.2) is 44.8 Å². The van der Waals surface area contributed by atoms with Gasteiger partial charge < -0.3 is 10.2 Å². The van der Waals surface area contributed by atoms with Crippen LogP contribution in [0.15, 0.2) is 83.8 Å². The number of nitrogens with zero attached hydrogens (tertiary/aromatic N) is 2. The molecule has 7 nitrogen and oxygen atoms in total. The van der Waals surface area contributed by atoms with E-state index in [1.165, 1.54) is 50.4 Å². The number of benzene rings is 3. The summed E-state index contributed by atoms with van der Waals surface area (Å²) >= 11 is 0. The fraction of sp³-hybridized carbons (Fsp3) is 0.231. The molecule has 0 heterocycles. The number of carbonyl (C=O) groups excluding carboxylic acids is 2. The van der Waals surface area contributed by atoms with Crippen LogP contribution < -0.4 is 9.62 Å². The lowest BCUT2D eigenvalue weighted by Gasteiger charge is -2.32. The molecule has 3 aromatic carbocycles. The maximum Gasteiger partial charge on any atom is 0.416 e. The van der Waals surface area contributed by atoms with Crippen molar-refractivity contribution in [2.75, 3.05) is 17.9 Å². The van der Waals surface area contributed by atoms with E-state index in [2.05, 4.69) is 5.32 Å². The first-order valence-electron chi connectivity index (χ1n) is 11.3. The van der Waals surface area contributed by atoms with Crippen molar-refractivity contribution in [1.82, 2.24) is 10.2 Å². The number of carbonyl (C=O) groups is 2. The van der Waals surface area contributed by atoms with Crippen LogP contribution in [0.2, 0.25) is 0 Å². The Kier molecular flexibility index (Phi) is 8.77. The lowest BCUT2D eigenvalue weighted by Crippen LogP contribution is -2.50. The van der Waals surface area contributed by atoms with Gasteiger partial charge in [-0.25, -0.2) is 12.8 Å². The number of sulfonamides is 1. The lowest BCUT2D eigenvalue weighted by atomic mass is 10.1. The number of nitrogens with one attached hydrogen (secondary N) is 1. The maximum absolute atomic E-state index is 13.6. The van der Waals surface area contributed by atoms with Crippen molar-refractivity contribution in [1.29, 1.82) is 0 Å². The fourth-order valence-electron chi connectivity index (χ4n) is 3.66. The van der Waals surface area contributed by atoms with Gasteiger partial charge in [0.1, 0.15) is 18.4 Å². The van der Waals surface area contributed by atoms with Gasteiger partial charge in [-0.2, -0.15) is 13.2 Å². The second kappa shape index (κ2) is 11.6. The molecular weight excluding hydrogens is 526 g/mol. The number of alkyl halides is 3. The molecule has 0 aliphatic heterocycles. The summed E-state index contributed by atoms with van der Waals surface area (Å²) in [7, 11) is -3.15. The van der Waals surface area contributed by atoms with E-state index in [1.807, 2.05) is 0 Å². The molecule has 3 rings (SSSR count). The number of hydrogen-bond acceptors (Lipinski definition) is 4. The molecule has 38 heavy (non-hydrogen) atoms. The van der Waals surface area contributed by atoms with Crippen molar-refractivity contribution in [2.24, 2.45) is 0 Å². The van der Waals surface area contributed by atoms with E-state index >= 15 is 0 Å². The molecule has 0 aliphatic carbocycles. The number of amides is 2. The van der Waals surface area contributed by atoms with Crippen molar-refractivity contribution in [3.63, 3.8) is 0 Å². The Labute approximate surface area is 217 Å². The highest BCUT2D eigenvalue weighted by Crippen LogP contribution is 2.33. The number of anilines is 1. The first-order valence-corrected chi connectivity index (χ1v) is 12.8. The fourth-order valence-corrected chi connectivity index (χ4v) is 5.09. The van der Waals surface area contributed by atoms with Crippen LogP contribution in [0, 0.1) is 5.82 Å². The summed E-state index contributed by atoms with van der Waals surface area (Å²) in [6.07, 6.45) is -4.76. The Morgan fingerprint density at radius 3 is 2.16 bits per heavy atom. The molecule has 0 fully saturated rings. The minimum absolute atomic E-state index is 0.185. The summed E-state index contributed by atoms with van der Waals surface area (Å²) in [5.74, 6) is -1.94. The molecule has 0 bridgehead atoms. The molecular formula is C26H25F4N3O4S. The standard InChI is InChI=1S/C26H25F4N3O4S/c1-18(25(35)31-2)32(16-19-11-13-21(27)14-12-19)24(34)17-33(38(36,37)23-9-4-3-5-10-23)22-8-6-7-20(15-22)26(28,29)30/h3-15,18H,16-17H2,1-2H3,(H,31,35)/t18-/m1/s1. The molecule has 2 amide bonds. The van der Waals surface area contributed by atoms with Crippen LogP contribution >= 0.6 is 0 Å². The minimum Gasteiger partial charge on any atom is -0.357 e. The lowest BCUT2D eigenvalue weighted by molar-refractivity contribution is -0.139. The van der Waals surface area contributed by atoms with Gasteiger partial charge in [-0.15, -0.1) is 0 Å². The third-order valence-corrected chi connectivity index (χ3v) is 7.54. The summed E-state index contributed by atoms with van der Waals surface area (Å²) in [6.45, 7) is 0.331. The van der Waals surface area contributed by atoms with E-state index in [4.69, 9.17) is 0 Å². The van der Waals surface area contributed by atoms with Gasteiger partial charge in [0.05, 0.1) is 16.1 Å². The highest BCUT2D eigenvalue weighted by Gasteiger charge is 2.35. The smallest absolute Gasteiger partial charge is 0.357 e. The van der Waals surface area contributed by atoms with E-state index in [1.54, 1.807) is 6.07 Å². The molecule has 0 saturated carbocycles. The molecule has 0 unspecified atom stereocenters. The first-order chi connectivity index (χ1) is 17.8. The second-order valence-electron chi connectivity index (χ2n) is 8.31. The van der Waals surface area contributed by atoms with Crippen molar-refractivity contribution in [2.45, 2.75) is 30.6 Å². The zero-order valence-corrected chi connectivity index (χ0v) is 21.3. The third kappa shape index (κ3) is 6.68. The zero-order valence-electron chi connectivity index (χ0n) is 20.4. The molecule has 0 aliphatic rings. The third-order valence-electron chi connectivity index (χ3n) is 5.75. The van der Waals surface area contributed by atoms with Crippen LogP contribution in [0.5, 0.6) is 0 Å². The van der Waals surface area contributed by atoms with E-state index < -0.39 is 52.0 Å². The Morgan fingerprint density at radius 1 is 0.947 bits per heavy atom. The summed E-state index contributed by atoms with van der Waals surface area (Å²) in [5.41, 5.74) is -1.03. The van der Waals surface area contributed by atoms with Crippen molar-refractivity contribution >= 4 is 27.5 Å². The monoisotopic (exact) mass is 551 g/mol. The van der Waals surface area contributed by atoms with Crippen LogP contribution in [-0.2, 0) is 32.3 Å². The van der Waals surface area contributed by atoms with Crippen LogP contribution in [0.4, 0.5) is 23.2 Å². The number of rotatable bonds is 9. The summed E-state index contributed by atoms with van der Waals surface area (Å²) in [6, 6.07) is 14.6. The van der Waals surface area contributed by atoms with Gasteiger partial charge >= 0.3 is 6.18 Å². The van der Waals surface area contributed by atoms with E-state index in [9.17, 15) is 35.6 Å². The number of likely N-dealkylation sites (N-methyl/N-ethyl adjacent to an activating group) is 1. The Morgan fingerprint density at radius 2 is 1.58 bits per heavy atom. The summed E-state index contributed by atoms with van der Waals surface area (Å²) < 4.78 is 81.4. The second-order valence-corrected chi connectivity index (χ2v) is 10.2.